The van der Waals surface area contributed by atoms with Gasteiger partial charge in [0.25, 0.3) is 5.91 Å². The molecular weight excluding hydrogens is 356 g/mol. The number of fused-ring (bicyclic) bond motifs is 1. The second kappa shape index (κ2) is 5.67. The Morgan fingerprint density at radius 2 is 2.00 bits per heavy atom. The van der Waals surface area contributed by atoms with Gasteiger partial charge in [0.1, 0.15) is 11.5 Å². The van der Waals surface area contributed by atoms with E-state index in [-0.39, 0.29) is 11.1 Å². The van der Waals surface area contributed by atoms with E-state index in [1.165, 1.54) is 19.2 Å². The van der Waals surface area contributed by atoms with E-state index in [9.17, 15) is 22.4 Å². The number of H-pyrrole nitrogens is 1. The first-order valence-corrected chi connectivity index (χ1v) is 6.76. The minimum absolute atomic E-state index is 0.0478. The fourth-order valence-electron chi connectivity index (χ4n) is 1.88. The molecule has 0 atom stereocenters. The smallest absolute Gasteiger partial charge is 0.350 e. The summed E-state index contributed by atoms with van der Waals surface area (Å²) in [4.78, 5) is 15.7. The van der Waals surface area contributed by atoms with Gasteiger partial charge in [0.15, 0.2) is 0 Å². The topological polar surface area (TPSA) is 36.1 Å². The highest BCUT2D eigenvalue weighted by Gasteiger charge is 2.28. The van der Waals surface area contributed by atoms with Crippen LogP contribution in [0.25, 0.3) is 10.9 Å². The van der Waals surface area contributed by atoms with Crippen molar-refractivity contribution in [1.82, 2.24) is 9.88 Å². The van der Waals surface area contributed by atoms with Crippen molar-refractivity contribution in [3.63, 3.8) is 0 Å². The number of nitrogens with zero attached hydrogens (tertiary/aromatic N) is 1. The van der Waals surface area contributed by atoms with Gasteiger partial charge in [-0.25, -0.2) is 4.39 Å². The molecule has 0 aliphatic heterocycles. The molecule has 3 nitrogen and oxygen atoms in total. The summed E-state index contributed by atoms with van der Waals surface area (Å²) in [7, 11) is 1.27. The SMILES string of the molecule is CN(CCC(F)(F)F)C(=O)c1cc2c(F)cc(Br)cc2[nH]1. The van der Waals surface area contributed by atoms with Gasteiger partial charge in [-0.15, -0.1) is 0 Å². The predicted octanol–water partition coefficient (Wildman–Crippen LogP) is 4.09. The molecule has 0 spiro atoms. The Bertz CT molecular complexity index is 681. The van der Waals surface area contributed by atoms with Gasteiger partial charge in [0.2, 0.25) is 0 Å². The Morgan fingerprint density at radius 3 is 2.62 bits per heavy atom. The highest BCUT2D eigenvalue weighted by atomic mass is 79.9. The summed E-state index contributed by atoms with van der Waals surface area (Å²) in [6.07, 6.45) is -5.42. The molecule has 1 aromatic heterocycles. The molecule has 1 N–H and O–H groups in total. The molecule has 0 saturated carbocycles. The van der Waals surface area contributed by atoms with Crippen molar-refractivity contribution in [2.24, 2.45) is 0 Å². The van der Waals surface area contributed by atoms with Gasteiger partial charge in [0, 0.05) is 23.5 Å². The third-order valence-electron chi connectivity index (χ3n) is 2.96. The largest absolute Gasteiger partial charge is 0.390 e. The standard InChI is InChI=1S/C13H11BrF4N2O/c1-20(3-2-13(16,17)18)12(21)11-6-8-9(15)4-7(14)5-10(8)19-11/h4-6,19H,2-3H2,1H3. The molecule has 21 heavy (non-hydrogen) atoms. The first-order chi connectivity index (χ1) is 9.67. The molecular formula is C13H11BrF4N2O. The maximum absolute atomic E-state index is 13.7. The van der Waals surface area contributed by atoms with Gasteiger partial charge in [-0.05, 0) is 18.2 Å². The lowest BCUT2D eigenvalue weighted by Crippen LogP contribution is -2.30. The van der Waals surface area contributed by atoms with Crippen LogP contribution in [0, 0.1) is 5.82 Å². The van der Waals surface area contributed by atoms with E-state index in [1.54, 1.807) is 6.07 Å². The zero-order valence-electron chi connectivity index (χ0n) is 10.9. The zero-order chi connectivity index (χ0) is 15.8. The number of hydrogen-bond acceptors (Lipinski definition) is 1. The average Bonchev–Trinajstić information content (AvgIpc) is 2.78. The first kappa shape index (κ1) is 15.8. The number of carbonyl (C=O) groups is 1. The second-order valence-corrected chi connectivity index (χ2v) is 5.54. The number of benzene rings is 1. The lowest BCUT2D eigenvalue weighted by atomic mass is 10.2. The van der Waals surface area contributed by atoms with Crippen LogP contribution in [0.15, 0.2) is 22.7 Å². The molecule has 1 heterocycles. The number of alkyl halides is 3. The van der Waals surface area contributed by atoms with Gasteiger partial charge in [0.05, 0.1) is 11.9 Å². The Balaban J connectivity index is 2.21. The number of hydrogen-bond donors (Lipinski definition) is 1. The van der Waals surface area contributed by atoms with Crippen molar-refractivity contribution < 1.29 is 22.4 Å². The molecule has 0 bridgehead atoms. The third kappa shape index (κ3) is 3.75. The maximum atomic E-state index is 13.7. The number of nitrogens with one attached hydrogen (secondary N) is 1. The van der Waals surface area contributed by atoms with Gasteiger partial charge in [-0.1, -0.05) is 15.9 Å². The summed E-state index contributed by atoms with van der Waals surface area (Å²) in [5, 5.41) is 0.214. The number of rotatable bonds is 3. The summed E-state index contributed by atoms with van der Waals surface area (Å²) in [6, 6.07) is 4.13. The highest BCUT2D eigenvalue weighted by Crippen LogP contribution is 2.25. The lowest BCUT2D eigenvalue weighted by Gasteiger charge is -2.17. The van der Waals surface area contributed by atoms with E-state index in [2.05, 4.69) is 20.9 Å². The maximum Gasteiger partial charge on any atom is 0.390 e. The summed E-state index contributed by atoms with van der Waals surface area (Å²) < 4.78 is 50.6. The van der Waals surface area contributed by atoms with Crippen LogP contribution in [0.1, 0.15) is 16.9 Å². The number of carbonyl (C=O) groups excluding carboxylic acids is 1. The van der Waals surface area contributed by atoms with E-state index < -0.39 is 30.9 Å². The summed E-state index contributed by atoms with van der Waals surface area (Å²) in [6.45, 7) is -0.454. The quantitative estimate of drug-likeness (QED) is 0.815. The molecule has 2 aromatic rings. The van der Waals surface area contributed by atoms with Crippen molar-refractivity contribution in [2.45, 2.75) is 12.6 Å². The Hall–Kier alpha value is -1.57. The van der Waals surface area contributed by atoms with Crippen LogP contribution < -0.4 is 0 Å². The predicted molar refractivity (Wildman–Crippen MR) is 73.6 cm³/mol. The second-order valence-electron chi connectivity index (χ2n) is 4.62. The molecule has 0 unspecified atom stereocenters. The molecule has 0 radical (unpaired) electrons. The Labute approximate surface area is 126 Å². The molecule has 1 aromatic carbocycles. The monoisotopic (exact) mass is 366 g/mol. The van der Waals surface area contributed by atoms with E-state index in [1.807, 2.05) is 0 Å². The normalized spacial score (nSPS) is 11.9. The molecule has 0 aliphatic rings. The van der Waals surface area contributed by atoms with Crippen LogP contribution in [0.2, 0.25) is 0 Å². The zero-order valence-corrected chi connectivity index (χ0v) is 12.5. The van der Waals surface area contributed by atoms with Gasteiger partial charge in [-0.2, -0.15) is 13.2 Å². The molecule has 2 rings (SSSR count). The molecule has 0 saturated heterocycles. The number of amides is 1. The fraction of sp³-hybridized carbons (Fsp3) is 0.308. The van der Waals surface area contributed by atoms with Crippen molar-refractivity contribution in [2.75, 3.05) is 13.6 Å². The van der Waals surface area contributed by atoms with Crippen molar-refractivity contribution in [3.8, 4) is 0 Å². The summed E-state index contributed by atoms with van der Waals surface area (Å²) >= 11 is 3.12. The Morgan fingerprint density at radius 1 is 1.33 bits per heavy atom. The third-order valence-corrected chi connectivity index (χ3v) is 3.42. The molecule has 114 valence electrons. The van der Waals surface area contributed by atoms with Gasteiger partial charge >= 0.3 is 6.18 Å². The van der Waals surface area contributed by atoms with Gasteiger partial charge in [-0.3, -0.25) is 4.79 Å². The van der Waals surface area contributed by atoms with Crippen molar-refractivity contribution in [1.29, 1.82) is 0 Å². The molecule has 0 aliphatic carbocycles. The molecule has 1 amide bonds. The van der Waals surface area contributed by atoms with E-state index in [0.29, 0.717) is 9.99 Å². The van der Waals surface area contributed by atoms with Crippen LogP contribution in [0.5, 0.6) is 0 Å². The summed E-state index contributed by atoms with van der Waals surface area (Å²) in [5.41, 5.74) is 0.445. The fourth-order valence-corrected chi connectivity index (χ4v) is 2.31. The minimum Gasteiger partial charge on any atom is -0.350 e. The first-order valence-electron chi connectivity index (χ1n) is 5.97. The van der Waals surface area contributed by atoms with Crippen LogP contribution in [-0.4, -0.2) is 35.6 Å². The minimum atomic E-state index is -4.33. The van der Waals surface area contributed by atoms with E-state index in [4.69, 9.17) is 0 Å². The molecule has 0 fully saturated rings. The highest BCUT2D eigenvalue weighted by molar-refractivity contribution is 9.10. The number of aromatic amines is 1. The van der Waals surface area contributed by atoms with Gasteiger partial charge < -0.3 is 9.88 Å². The van der Waals surface area contributed by atoms with Crippen LogP contribution in [0.4, 0.5) is 17.6 Å². The number of aromatic nitrogens is 1. The van der Waals surface area contributed by atoms with E-state index in [0.717, 1.165) is 4.90 Å². The van der Waals surface area contributed by atoms with Crippen LogP contribution in [-0.2, 0) is 0 Å². The molecule has 8 heteroatoms. The summed E-state index contributed by atoms with van der Waals surface area (Å²) in [5.74, 6) is -1.14. The van der Waals surface area contributed by atoms with Crippen LogP contribution >= 0.6 is 15.9 Å². The average molecular weight is 367 g/mol. The Kier molecular flexibility index (Phi) is 4.27. The van der Waals surface area contributed by atoms with Crippen LogP contribution in [0.3, 0.4) is 0 Å². The van der Waals surface area contributed by atoms with E-state index >= 15 is 0 Å². The van der Waals surface area contributed by atoms with Crippen molar-refractivity contribution in [3.05, 3.63) is 34.2 Å². The number of halogens is 5. The lowest BCUT2D eigenvalue weighted by molar-refractivity contribution is -0.136. The van der Waals surface area contributed by atoms with Crippen molar-refractivity contribution >= 4 is 32.7 Å².